The van der Waals surface area contributed by atoms with Crippen molar-refractivity contribution >= 4 is 23.4 Å². The van der Waals surface area contributed by atoms with Crippen LogP contribution in [-0.4, -0.2) is 21.4 Å². The van der Waals surface area contributed by atoms with Crippen LogP contribution in [0.5, 0.6) is 11.5 Å². The zero-order valence-corrected chi connectivity index (χ0v) is 16.4. The highest BCUT2D eigenvalue weighted by atomic mass is 35.5. The maximum Gasteiger partial charge on any atom is 0.192 e. The van der Waals surface area contributed by atoms with Crippen LogP contribution in [0.15, 0.2) is 60.3 Å². The van der Waals surface area contributed by atoms with Gasteiger partial charge in [-0.1, -0.05) is 47.6 Å². The minimum atomic E-state index is -0.395. The molecule has 2 heterocycles. The first kappa shape index (κ1) is 18.8. The molecule has 3 aromatic rings. The van der Waals surface area contributed by atoms with Gasteiger partial charge in [0.15, 0.2) is 28.6 Å². The topological polar surface area (TPSA) is 49.2 Å². The van der Waals surface area contributed by atoms with Crippen molar-refractivity contribution in [2.45, 2.75) is 23.6 Å². The van der Waals surface area contributed by atoms with Gasteiger partial charge in [0, 0.05) is 22.9 Å². The molecule has 1 aromatic heterocycles. The second kappa shape index (κ2) is 8.24. The van der Waals surface area contributed by atoms with Crippen molar-refractivity contribution in [1.29, 1.82) is 0 Å². The van der Waals surface area contributed by atoms with Crippen molar-refractivity contribution in [3.63, 3.8) is 0 Å². The lowest BCUT2D eigenvalue weighted by Crippen LogP contribution is -2.25. The Kier molecular flexibility index (Phi) is 5.54. The van der Waals surface area contributed by atoms with E-state index in [0.717, 1.165) is 0 Å². The fourth-order valence-electron chi connectivity index (χ4n) is 2.90. The Morgan fingerprint density at radius 3 is 2.82 bits per heavy atom. The summed E-state index contributed by atoms with van der Waals surface area (Å²) in [7, 11) is 0. The predicted octanol–water partition coefficient (Wildman–Crippen LogP) is 5.06. The number of ether oxygens (including phenoxy) is 2. The molecule has 0 saturated carbocycles. The quantitative estimate of drug-likeness (QED) is 0.414. The third-order valence-corrected chi connectivity index (χ3v) is 5.61. The fourth-order valence-corrected chi connectivity index (χ4v) is 4.20. The number of aromatic nitrogens is 3. The number of hydrogen-bond acceptors (Lipinski definition) is 5. The molecule has 1 aliphatic heterocycles. The third kappa shape index (κ3) is 3.72. The van der Waals surface area contributed by atoms with E-state index in [1.54, 1.807) is 18.2 Å². The SMILES string of the molecule is C=CCn1c(SCc2c(F)cccc2Cl)nnc1[C@@H]1COc2ccccc2O1. The van der Waals surface area contributed by atoms with Gasteiger partial charge in [0.05, 0.1) is 0 Å². The number of rotatable bonds is 6. The van der Waals surface area contributed by atoms with Crippen LogP contribution in [0.3, 0.4) is 0 Å². The van der Waals surface area contributed by atoms with E-state index in [4.69, 9.17) is 21.1 Å². The number of allylic oxidation sites excluding steroid dienone is 1. The van der Waals surface area contributed by atoms with Crippen molar-refractivity contribution in [1.82, 2.24) is 14.8 Å². The van der Waals surface area contributed by atoms with Gasteiger partial charge < -0.3 is 9.47 Å². The van der Waals surface area contributed by atoms with Gasteiger partial charge in [-0.25, -0.2) is 4.39 Å². The van der Waals surface area contributed by atoms with Gasteiger partial charge in [0.25, 0.3) is 0 Å². The molecule has 0 amide bonds. The molecule has 4 rings (SSSR count). The molecule has 1 atom stereocenters. The Bertz CT molecular complexity index is 991. The first-order valence-electron chi connectivity index (χ1n) is 8.65. The van der Waals surface area contributed by atoms with Crippen LogP contribution in [0, 0.1) is 5.82 Å². The molecule has 0 aliphatic carbocycles. The van der Waals surface area contributed by atoms with Crippen LogP contribution in [0.1, 0.15) is 17.5 Å². The summed E-state index contributed by atoms with van der Waals surface area (Å²) in [5.41, 5.74) is 0.440. The predicted molar refractivity (Wildman–Crippen MR) is 106 cm³/mol. The summed E-state index contributed by atoms with van der Waals surface area (Å²) >= 11 is 7.48. The van der Waals surface area contributed by atoms with Gasteiger partial charge in [-0.2, -0.15) is 0 Å². The maximum atomic E-state index is 14.0. The van der Waals surface area contributed by atoms with E-state index < -0.39 is 6.10 Å². The van der Waals surface area contributed by atoms with E-state index in [0.29, 0.717) is 52.0 Å². The highest BCUT2D eigenvalue weighted by Gasteiger charge is 2.28. The van der Waals surface area contributed by atoms with Gasteiger partial charge in [-0.3, -0.25) is 4.57 Å². The highest BCUT2D eigenvalue weighted by Crippen LogP contribution is 2.36. The Morgan fingerprint density at radius 2 is 2.04 bits per heavy atom. The number of thioether (sulfide) groups is 1. The molecule has 28 heavy (non-hydrogen) atoms. The minimum Gasteiger partial charge on any atom is -0.485 e. The molecule has 0 N–H and O–H groups in total. The smallest absolute Gasteiger partial charge is 0.192 e. The lowest BCUT2D eigenvalue weighted by atomic mass is 10.2. The average molecular weight is 418 g/mol. The highest BCUT2D eigenvalue weighted by molar-refractivity contribution is 7.98. The molecule has 2 aromatic carbocycles. The Morgan fingerprint density at radius 1 is 1.21 bits per heavy atom. The molecule has 0 fully saturated rings. The molecule has 0 unspecified atom stereocenters. The van der Waals surface area contributed by atoms with E-state index in [1.165, 1.54) is 17.8 Å². The first-order valence-corrected chi connectivity index (χ1v) is 10.0. The summed E-state index contributed by atoms with van der Waals surface area (Å²) in [5.74, 6) is 2.01. The number of halogens is 2. The molecule has 1 aliphatic rings. The van der Waals surface area contributed by atoms with Gasteiger partial charge in [0.1, 0.15) is 12.4 Å². The fraction of sp³-hybridized carbons (Fsp3) is 0.200. The van der Waals surface area contributed by atoms with Crippen molar-refractivity contribution in [2.75, 3.05) is 6.61 Å². The zero-order valence-electron chi connectivity index (χ0n) is 14.8. The summed E-state index contributed by atoms with van der Waals surface area (Å²) in [6.07, 6.45) is 1.36. The normalized spacial score (nSPS) is 15.4. The van der Waals surface area contributed by atoms with Gasteiger partial charge in [-0.15, -0.1) is 16.8 Å². The molecule has 0 saturated heterocycles. The van der Waals surface area contributed by atoms with Crippen LogP contribution in [0.2, 0.25) is 5.02 Å². The number of hydrogen-bond donors (Lipinski definition) is 0. The number of para-hydroxylation sites is 2. The maximum absolute atomic E-state index is 14.0. The molecule has 8 heteroatoms. The largest absolute Gasteiger partial charge is 0.485 e. The molecule has 0 spiro atoms. The Balaban J connectivity index is 1.57. The van der Waals surface area contributed by atoms with E-state index in [1.807, 2.05) is 28.8 Å². The summed E-state index contributed by atoms with van der Waals surface area (Å²) in [4.78, 5) is 0. The number of nitrogens with zero attached hydrogens (tertiary/aromatic N) is 3. The van der Waals surface area contributed by atoms with Crippen molar-refractivity contribution in [3.05, 3.63) is 77.3 Å². The number of fused-ring (bicyclic) bond motifs is 1. The Labute approximate surface area is 171 Å². The first-order chi connectivity index (χ1) is 13.7. The van der Waals surface area contributed by atoms with E-state index in [-0.39, 0.29) is 5.82 Å². The third-order valence-electron chi connectivity index (χ3n) is 4.26. The van der Waals surface area contributed by atoms with E-state index in [2.05, 4.69) is 16.8 Å². The van der Waals surface area contributed by atoms with E-state index >= 15 is 0 Å². The van der Waals surface area contributed by atoms with Crippen molar-refractivity contribution < 1.29 is 13.9 Å². The zero-order chi connectivity index (χ0) is 19.5. The van der Waals surface area contributed by atoms with E-state index in [9.17, 15) is 4.39 Å². The molecule has 0 bridgehead atoms. The van der Waals surface area contributed by atoms with Crippen LogP contribution in [0.4, 0.5) is 4.39 Å². The standard InChI is InChI=1S/C20H17ClFN3O2S/c1-2-10-25-19(18-11-26-16-8-3-4-9-17(16)27-18)23-24-20(25)28-12-13-14(21)6-5-7-15(13)22/h2-9,18H,1,10-12H2/t18-/m0/s1. The van der Waals surface area contributed by atoms with Gasteiger partial charge in [-0.05, 0) is 24.3 Å². The molecule has 0 radical (unpaired) electrons. The summed E-state index contributed by atoms with van der Waals surface area (Å²) < 4.78 is 27.8. The summed E-state index contributed by atoms with van der Waals surface area (Å²) in [6.45, 7) is 4.63. The van der Waals surface area contributed by atoms with Crippen LogP contribution < -0.4 is 9.47 Å². The van der Waals surface area contributed by atoms with Gasteiger partial charge in [0.2, 0.25) is 0 Å². The van der Waals surface area contributed by atoms with Crippen LogP contribution >= 0.6 is 23.4 Å². The molecule has 5 nitrogen and oxygen atoms in total. The van der Waals surface area contributed by atoms with Crippen LogP contribution in [0.25, 0.3) is 0 Å². The van der Waals surface area contributed by atoms with Crippen molar-refractivity contribution in [3.8, 4) is 11.5 Å². The minimum absolute atomic E-state index is 0.329. The lowest BCUT2D eigenvalue weighted by Gasteiger charge is -2.26. The second-order valence-electron chi connectivity index (χ2n) is 6.09. The summed E-state index contributed by atoms with van der Waals surface area (Å²) in [6, 6.07) is 12.1. The number of benzene rings is 2. The Hall–Kier alpha value is -2.51. The van der Waals surface area contributed by atoms with Crippen LogP contribution in [-0.2, 0) is 12.3 Å². The van der Waals surface area contributed by atoms with Gasteiger partial charge >= 0.3 is 0 Å². The summed E-state index contributed by atoms with van der Waals surface area (Å²) in [5, 5.41) is 9.60. The second-order valence-corrected chi connectivity index (χ2v) is 7.44. The molecular weight excluding hydrogens is 401 g/mol. The van der Waals surface area contributed by atoms with Crippen molar-refractivity contribution in [2.24, 2.45) is 0 Å². The molecular formula is C20H17ClFN3O2S. The molecule has 144 valence electrons. The average Bonchev–Trinajstić information content (AvgIpc) is 3.10. The monoisotopic (exact) mass is 417 g/mol. The lowest BCUT2D eigenvalue weighted by molar-refractivity contribution is 0.0821.